The van der Waals surface area contributed by atoms with Crippen LogP contribution >= 0.6 is 23.2 Å². The van der Waals surface area contributed by atoms with Crippen LogP contribution in [-0.2, 0) is 16.0 Å². The van der Waals surface area contributed by atoms with E-state index in [0.29, 0.717) is 39.9 Å². The Balaban J connectivity index is 1.66. The molecule has 5 nitrogen and oxygen atoms in total. The van der Waals surface area contributed by atoms with E-state index in [0.717, 1.165) is 6.42 Å². The van der Waals surface area contributed by atoms with E-state index in [1.54, 1.807) is 47.4 Å². The molecule has 26 heavy (non-hydrogen) atoms. The first-order chi connectivity index (χ1) is 12.5. The normalized spacial score (nSPS) is 15.2. The highest BCUT2D eigenvalue weighted by Crippen LogP contribution is 2.31. The topological polar surface area (TPSA) is 69.6 Å². The number of nitrogens with zero attached hydrogens (tertiary/aromatic N) is 1. The number of aliphatic hydroxyl groups excluding tert-OH is 1. The molecule has 3 rings (SSSR count). The molecule has 0 aromatic heterocycles. The zero-order valence-corrected chi connectivity index (χ0v) is 15.4. The summed E-state index contributed by atoms with van der Waals surface area (Å²) in [6.07, 6.45) is 0.193. The Morgan fingerprint density at radius 3 is 2.62 bits per heavy atom. The van der Waals surface area contributed by atoms with Gasteiger partial charge in [0.15, 0.2) is 0 Å². The fourth-order valence-corrected chi connectivity index (χ4v) is 3.39. The van der Waals surface area contributed by atoms with E-state index in [4.69, 9.17) is 23.2 Å². The van der Waals surface area contributed by atoms with E-state index in [2.05, 4.69) is 5.32 Å². The van der Waals surface area contributed by atoms with E-state index in [1.165, 1.54) is 0 Å². The highest BCUT2D eigenvalue weighted by atomic mass is 35.5. The number of amides is 2. The summed E-state index contributed by atoms with van der Waals surface area (Å²) >= 11 is 12.3. The molecular weight excluding hydrogens is 375 g/mol. The van der Waals surface area contributed by atoms with Crippen LogP contribution in [0.1, 0.15) is 18.4 Å². The Morgan fingerprint density at radius 2 is 1.96 bits per heavy atom. The Bertz CT molecular complexity index is 841. The molecule has 1 unspecified atom stereocenters. The number of nitrogens with one attached hydrogen (secondary N) is 1. The van der Waals surface area contributed by atoms with Crippen LogP contribution in [0, 0.1) is 0 Å². The third-order valence-electron chi connectivity index (χ3n) is 4.25. The first kappa shape index (κ1) is 18.7. The van der Waals surface area contributed by atoms with Gasteiger partial charge in [0, 0.05) is 30.1 Å². The van der Waals surface area contributed by atoms with Gasteiger partial charge >= 0.3 is 0 Å². The minimum absolute atomic E-state index is 0.0406. The Morgan fingerprint density at radius 1 is 1.19 bits per heavy atom. The summed E-state index contributed by atoms with van der Waals surface area (Å²) in [4.78, 5) is 25.7. The first-order valence-corrected chi connectivity index (χ1v) is 9.03. The molecule has 0 bridgehead atoms. The smallest absolute Gasteiger partial charge is 0.253 e. The molecule has 1 aliphatic heterocycles. The van der Waals surface area contributed by atoms with Crippen LogP contribution in [-0.4, -0.2) is 29.6 Å². The predicted octanol–water partition coefficient (Wildman–Crippen LogP) is 3.66. The number of carbonyl (C=O) groups excluding carboxylic acids is 2. The molecule has 0 aliphatic carbocycles. The summed E-state index contributed by atoms with van der Waals surface area (Å²) < 4.78 is 0. The van der Waals surface area contributed by atoms with Crippen molar-refractivity contribution in [2.75, 3.05) is 16.8 Å². The highest BCUT2D eigenvalue weighted by Gasteiger charge is 2.24. The molecule has 2 aromatic carbocycles. The summed E-state index contributed by atoms with van der Waals surface area (Å²) in [7, 11) is 0. The number of rotatable bonds is 5. The highest BCUT2D eigenvalue weighted by molar-refractivity contribution is 6.34. The van der Waals surface area contributed by atoms with E-state index < -0.39 is 12.0 Å². The van der Waals surface area contributed by atoms with Gasteiger partial charge in [-0.05, 0) is 36.2 Å². The van der Waals surface area contributed by atoms with Crippen LogP contribution in [0.5, 0.6) is 0 Å². The van der Waals surface area contributed by atoms with Crippen molar-refractivity contribution in [3.8, 4) is 0 Å². The minimum atomic E-state index is -1.24. The number of hydrogen-bond acceptors (Lipinski definition) is 3. The third kappa shape index (κ3) is 4.18. The molecule has 1 aliphatic rings. The maximum atomic E-state index is 12.2. The van der Waals surface area contributed by atoms with Gasteiger partial charge in [0.1, 0.15) is 6.10 Å². The molecule has 1 fully saturated rings. The van der Waals surface area contributed by atoms with Gasteiger partial charge in [-0.3, -0.25) is 9.59 Å². The third-order valence-corrected chi connectivity index (χ3v) is 4.92. The number of halogens is 2. The lowest BCUT2D eigenvalue weighted by atomic mass is 10.1. The fraction of sp³-hybridized carbons (Fsp3) is 0.263. The molecule has 0 spiro atoms. The van der Waals surface area contributed by atoms with Gasteiger partial charge in [0.25, 0.3) is 5.91 Å². The van der Waals surface area contributed by atoms with Crippen LogP contribution in [0.3, 0.4) is 0 Å². The van der Waals surface area contributed by atoms with E-state index in [-0.39, 0.29) is 12.3 Å². The molecule has 0 saturated carbocycles. The van der Waals surface area contributed by atoms with Gasteiger partial charge in [-0.15, -0.1) is 0 Å². The van der Waals surface area contributed by atoms with Crippen LogP contribution in [0.25, 0.3) is 0 Å². The number of carbonyl (C=O) groups is 2. The van der Waals surface area contributed by atoms with Crippen molar-refractivity contribution in [1.82, 2.24) is 0 Å². The molecule has 7 heteroatoms. The van der Waals surface area contributed by atoms with Crippen molar-refractivity contribution in [2.45, 2.75) is 25.4 Å². The second-order valence-electron chi connectivity index (χ2n) is 6.12. The Labute approximate surface area is 161 Å². The molecule has 1 heterocycles. The lowest BCUT2D eigenvalue weighted by Crippen LogP contribution is -2.29. The summed E-state index contributed by atoms with van der Waals surface area (Å²) in [5.41, 5.74) is 1.77. The van der Waals surface area contributed by atoms with Crippen molar-refractivity contribution in [2.24, 2.45) is 0 Å². The lowest BCUT2D eigenvalue weighted by Gasteiger charge is -2.18. The summed E-state index contributed by atoms with van der Waals surface area (Å²) in [6, 6.07) is 12.0. The van der Waals surface area contributed by atoms with Crippen molar-refractivity contribution >= 4 is 46.4 Å². The van der Waals surface area contributed by atoms with E-state index >= 15 is 0 Å². The number of hydrogen-bond donors (Lipinski definition) is 2. The second-order valence-corrected chi connectivity index (χ2v) is 6.93. The van der Waals surface area contributed by atoms with Crippen molar-refractivity contribution in [1.29, 1.82) is 0 Å². The van der Waals surface area contributed by atoms with Gasteiger partial charge in [-0.1, -0.05) is 41.4 Å². The monoisotopic (exact) mass is 392 g/mol. The van der Waals surface area contributed by atoms with Crippen LogP contribution in [0.2, 0.25) is 10.0 Å². The van der Waals surface area contributed by atoms with Gasteiger partial charge in [-0.25, -0.2) is 0 Å². The van der Waals surface area contributed by atoms with Gasteiger partial charge in [0.2, 0.25) is 5.91 Å². The first-order valence-electron chi connectivity index (χ1n) is 8.28. The number of anilines is 2. The van der Waals surface area contributed by atoms with Crippen LogP contribution < -0.4 is 10.2 Å². The van der Waals surface area contributed by atoms with Gasteiger partial charge in [-0.2, -0.15) is 0 Å². The molecule has 1 atom stereocenters. The largest absolute Gasteiger partial charge is 0.383 e. The standard InChI is InChI=1S/C19H18Cl2N2O3/c20-14-5-2-1-4-12(14)10-17(24)19(26)22-13-7-8-16(15(21)11-13)23-9-3-6-18(23)25/h1-2,4-5,7-8,11,17,24H,3,6,9-10H2,(H,22,26). The van der Waals surface area contributed by atoms with Crippen molar-refractivity contribution in [3.05, 3.63) is 58.1 Å². The molecule has 2 amide bonds. The molecule has 2 aromatic rings. The average Bonchev–Trinajstić information content (AvgIpc) is 3.03. The summed E-state index contributed by atoms with van der Waals surface area (Å²) in [6.45, 7) is 0.640. The van der Waals surface area contributed by atoms with E-state index in [9.17, 15) is 14.7 Å². The molecule has 1 saturated heterocycles. The SMILES string of the molecule is O=C(Nc1ccc(N2CCCC2=O)c(Cl)c1)C(O)Cc1ccccc1Cl. The minimum Gasteiger partial charge on any atom is -0.383 e. The van der Waals surface area contributed by atoms with Crippen molar-refractivity contribution in [3.63, 3.8) is 0 Å². The number of benzene rings is 2. The van der Waals surface area contributed by atoms with Gasteiger partial charge in [0.05, 0.1) is 10.7 Å². The lowest BCUT2D eigenvalue weighted by molar-refractivity contribution is -0.124. The second kappa shape index (κ2) is 8.08. The Hall–Kier alpha value is -2.08. The van der Waals surface area contributed by atoms with Crippen molar-refractivity contribution < 1.29 is 14.7 Å². The molecular formula is C19H18Cl2N2O3. The molecule has 136 valence electrons. The summed E-state index contributed by atoms with van der Waals surface area (Å²) in [5.74, 6) is -0.509. The summed E-state index contributed by atoms with van der Waals surface area (Å²) in [5, 5.41) is 13.6. The quantitative estimate of drug-likeness (QED) is 0.815. The average molecular weight is 393 g/mol. The van der Waals surface area contributed by atoms with Crippen LogP contribution in [0.4, 0.5) is 11.4 Å². The zero-order valence-electron chi connectivity index (χ0n) is 13.9. The van der Waals surface area contributed by atoms with E-state index in [1.807, 2.05) is 0 Å². The van der Waals surface area contributed by atoms with Gasteiger partial charge < -0.3 is 15.3 Å². The maximum Gasteiger partial charge on any atom is 0.253 e. The fourth-order valence-electron chi connectivity index (χ4n) is 2.90. The molecule has 2 N–H and O–H groups in total. The Kier molecular flexibility index (Phi) is 5.81. The zero-order chi connectivity index (χ0) is 18.7. The molecule has 0 radical (unpaired) electrons. The predicted molar refractivity (Wildman–Crippen MR) is 103 cm³/mol. The van der Waals surface area contributed by atoms with Crippen LogP contribution in [0.15, 0.2) is 42.5 Å². The number of aliphatic hydroxyl groups is 1. The maximum absolute atomic E-state index is 12.2.